The lowest BCUT2D eigenvalue weighted by Gasteiger charge is -2.35. The van der Waals surface area contributed by atoms with Gasteiger partial charge in [0.1, 0.15) is 5.52 Å². The van der Waals surface area contributed by atoms with E-state index in [0.717, 1.165) is 0 Å². The van der Waals surface area contributed by atoms with Gasteiger partial charge in [0.15, 0.2) is 0 Å². The average molecular weight is 229 g/mol. The van der Waals surface area contributed by atoms with Crippen molar-refractivity contribution in [2.75, 3.05) is 13.1 Å². The van der Waals surface area contributed by atoms with Crippen LogP contribution in [-0.2, 0) is 0 Å². The molecule has 0 saturated carbocycles. The maximum Gasteiger partial charge on any atom is 0.256 e. The molecule has 5 nitrogen and oxygen atoms in total. The number of rotatable bonds is 1. The fourth-order valence-electron chi connectivity index (χ4n) is 1.96. The summed E-state index contributed by atoms with van der Waals surface area (Å²) in [6, 6.07) is 5.36. The predicted octanol–water partition coefficient (Wildman–Crippen LogP) is 0.446. The maximum absolute atomic E-state index is 12.1. The minimum Gasteiger partial charge on any atom is -0.389 e. The van der Waals surface area contributed by atoms with Gasteiger partial charge in [0.05, 0.1) is 17.2 Å². The van der Waals surface area contributed by atoms with E-state index < -0.39 is 0 Å². The number of aliphatic hydroxyl groups excluding tert-OH is 1. The van der Waals surface area contributed by atoms with Gasteiger partial charge >= 0.3 is 0 Å². The van der Waals surface area contributed by atoms with E-state index in [9.17, 15) is 9.90 Å². The number of benzene rings is 1. The normalized spacial score (nSPS) is 15.9. The zero-order valence-corrected chi connectivity index (χ0v) is 9.08. The molecule has 5 heteroatoms. The third-order valence-corrected chi connectivity index (χ3v) is 2.88. The van der Waals surface area contributed by atoms with Crippen molar-refractivity contribution in [3.63, 3.8) is 0 Å². The molecule has 1 saturated heterocycles. The molecule has 1 fully saturated rings. The van der Waals surface area contributed by atoms with Gasteiger partial charge in [-0.3, -0.25) is 14.8 Å². The van der Waals surface area contributed by atoms with E-state index in [2.05, 4.69) is 9.97 Å². The number of β-amino-alcohol motifs (C(OH)–C–C–N with tert-alkyl or cyclic N) is 1. The van der Waals surface area contributed by atoms with Gasteiger partial charge in [-0.15, -0.1) is 0 Å². The van der Waals surface area contributed by atoms with E-state index in [1.165, 1.54) is 0 Å². The van der Waals surface area contributed by atoms with Gasteiger partial charge in [0, 0.05) is 25.5 Å². The lowest BCUT2D eigenvalue weighted by Crippen LogP contribution is -2.53. The fourth-order valence-corrected chi connectivity index (χ4v) is 1.96. The summed E-state index contributed by atoms with van der Waals surface area (Å²) >= 11 is 0. The van der Waals surface area contributed by atoms with Crippen molar-refractivity contribution >= 4 is 16.9 Å². The minimum absolute atomic E-state index is 0.0959. The molecule has 1 aliphatic rings. The van der Waals surface area contributed by atoms with E-state index >= 15 is 0 Å². The molecule has 0 unspecified atom stereocenters. The van der Waals surface area contributed by atoms with Crippen LogP contribution >= 0.6 is 0 Å². The first-order chi connectivity index (χ1) is 8.25. The SMILES string of the molecule is O=C(c1cccc2nccnc12)N1CC(O)C1. The first-order valence-electron chi connectivity index (χ1n) is 5.43. The zero-order valence-electron chi connectivity index (χ0n) is 9.08. The maximum atomic E-state index is 12.1. The molecule has 2 heterocycles. The standard InChI is InChI=1S/C12H11N3O2/c16-8-6-15(7-8)12(17)9-2-1-3-10-11(9)14-5-4-13-10/h1-5,8,16H,6-7H2. The Morgan fingerprint density at radius 3 is 2.82 bits per heavy atom. The second kappa shape index (κ2) is 3.78. The van der Waals surface area contributed by atoms with Crippen LogP contribution in [-0.4, -0.2) is 45.1 Å². The van der Waals surface area contributed by atoms with Gasteiger partial charge < -0.3 is 10.0 Å². The molecule has 0 spiro atoms. The molecule has 1 aromatic carbocycles. The van der Waals surface area contributed by atoms with Gasteiger partial charge in [0.25, 0.3) is 5.91 Å². The number of nitrogens with zero attached hydrogens (tertiary/aromatic N) is 3. The summed E-state index contributed by atoms with van der Waals surface area (Å²) in [5.41, 5.74) is 1.86. The Morgan fingerprint density at radius 2 is 2.06 bits per heavy atom. The smallest absolute Gasteiger partial charge is 0.256 e. The molecule has 0 aliphatic carbocycles. The van der Waals surface area contributed by atoms with Crippen molar-refractivity contribution in [3.8, 4) is 0 Å². The summed E-state index contributed by atoms with van der Waals surface area (Å²) in [5, 5.41) is 9.21. The molecule has 1 amide bonds. The molecule has 1 aliphatic heterocycles. The Hall–Kier alpha value is -2.01. The van der Waals surface area contributed by atoms with Crippen molar-refractivity contribution in [2.45, 2.75) is 6.10 Å². The van der Waals surface area contributed by atoms with Crippen molar-refractivity contribution in [2.24, 2.45) is 0 Å². The van der Waals surface area contributed by atoms with Crippen molar-refractivity contribution < 1.29 is 9.90 Å². The van der Waals surface area contributed by atoms with E-state index in [1.807, 2.05) is 6.07 Å². The molecule has 0 atom stereocenters. The van der Waals surface area contributed by atoms with Crippen molar-refractivity contribution in [1.82, 2.24) is 14.9 Å². The van der Waals surface area contributed by atoms with Crippen LogP contribution in [0.3, 0.4) is 0 Å². The highest BCUT2D eigenvalue weighted by Gasteiger charge is 2.30. The second-order valence-corrected chi connectivity index (χ2v) is 4.09. The molecule has 0 radical (unpaired) electrons. The quantitative estimate of drug-likeness (QED) is 0.770. The molecule has 0 bridgehead atoms. The monoisotopic (exact) mass is 229 g/mol. The van der Waals surface area contributed by atoms with E-state index in [4.69, 9.17) is 0 Å². The number of fused-ring (bicyclic) bond motifs is 1. The number of aromatic nitrogens is 2. The molecule has 86 valence electrons. The van der Waals surface area contributed by atoms with Crippen molar-refractivity contribution in [1.29, 1.82) is 0 Å². The molecular formula is C12H11N3O2. The Labute approximate surface area is 97.7 Å². The average Bonchev–Trinajstić information content (AvgIpc) is 2.33. The Morgan fingerprint density at radius 1 is 1.29 bits per heavy atom. The Bertz CT molecular complexity index is 573. The summed E-state index contributed by atoms with van der Waals surface area (Å²) in [6.45, 7) is 0.797. The first-order valence-corrected chi connectivity index (χ1v) is 5.43. The van der Waals surface area contributed by atoms with E-state index in [0.29, 0.717) is 29.7 Å². The van der Waals surface area contributed by atoms with Gasteiger partial charge in [-0.25, -0.2) is 0 Å². The third-order valence-electron chi connectivity index (χ3n) is 2.88. The fraction of sp³-hybridized carbons (Fsp3) is 0.250. The number of likely N-dealkylation sites (tertiary alicyclic amines) is 1. The molecule has 1 N–H and O–H groups in total. The second-order valence-electron chi connectivity index (χ2n) is 4.09. The molecular weight excluding hydrogens is 218 g/mol. The topological polar surface area (TPSA) is 66.3 Å². The Balaban J connectivity index is 2.02. The van der Waals surface area contributed by atoms with Crippen LogP contribution in [0.1, 0.15) is 10.4 Å². The van der Waals surface area contributed by atoms with Crippen LogP contribution in [0.15, 0.2) is 30.6 Å². The number of carbonyl (C=O) groups excluding carboxylic acids is 1. The first kappa shape index (κ1) is 10.2. The predicted molar refractivity (Wildman–Crippen MR) is 61.4 cm³/mol. The van der Waals surface area contributed by atoms with E-state index in [-0.39, 0.29) is 12.0 Å². The summed E-state index contributed by atoms with van der Waals surface area (Å²) in [6.07, 6.45) is 2.79. The number of aliphatic hydroxyl groups is 1. The molecule has 1 aromatic heterocycles. The number of para-hydroxylation sites is 1. The number of carbonyl (C=O) groups is 1. The van der Waals surface area contributed by atoms with Gasteiger partial charge in [-0.2, -0.15) is 0 Å². The van der Waals surface area contributed by atoms with Crippen LogP contribution in [0.5, 0.6) is 0 Å². The summed E-state index contributed by atoms with van der Waals surface area (Å²) in [5.74, 6) is -0.0959. The highest BCUT2D eigenvalue weighted by molar-refractivity contribution is 6.04. The summed E-state index contributed by atoms with van der Waals surface area (Å²) in [4.78, 5) is 22.1. The van der Waals surface area contributed by atoms with Gasteiger partial charge in [0.2, 0.25) is 0 Å². The van der Waals surface area contributed by atoms with Gasteiger partial charge in [-0.05, 0) is 12.1 Å². The van der Waals surface area contributed by atoms with Crippen LogP contribution in [0.2, 0.25) is 0 Å². The number of hydrogen-bond acceptors (Lipinski definition) is 4. The highest BCUT2D eigenvalue weighted by atomic mass is 16.3. The van der Waals surface area contributed by atoms with Crippen LogP contribution < -0.4 is 0 Å². The van der Waals surface area contributed by atoms with Gasteiger partial charge in [-0.1, -0.05) is 6.07 Å². The van der Waals surface area contributed by atoms with Crippen LogP contribution in [0.4, 0.5) is 0 Å². The Kier molecular flexibility index (Phi) is 2.26. The lowest BCUT2D eigenvalue weighted by molar-refractivity contribution is 0.00601. The van der Waals surface area contributed by atoms with Crippen molar-refractivity contribution in [3.05, 3.63) is 36.2 Å². The molecule has 17 heavy (non-hydrogen) atoms. The van der Waals surface area contributed by atoms with Crippen LogP contribution in [0, 0.1) is 0 Å². The summed E-state index contributed by atoms with van der Waals surface area (Å²) in [7, 11) is 0. The number of hydrogen-bond donors (Lipinski definition) is 1. The largest absolute Gasteiger partial charge is 0.389 e. The summed E-state index contributed by atoms with van der Waals surface area (Å²) < 4.78 is 0. The molecule has 3 rings (SSSR count). The molecule has 2 aromatic rings. The van der Waals surface area contributed by atoms with Crippen LogP contribution in [0.25, 0.3) is 11.0 Å². The zero-order chi connectivity index (χ0) is 11.8. The minimum atomic E-state index is -0.389. The van der Waals surface area contributed by atoms with E-state index in [1.54, 1.807) is 29.4 Å². The third kappa shape index (κ3) is 1.64. The lowest BCUT2D eigenvalue weighted by atomic mass is 10.1. The number of amides is 1. The highest BCUT2D eigenvalue weighted by Crippen LogP contribution is 2.18.